The molecule has 0 aliphatic carbocycles. The third-order valence-electron chi connectivity index (χ3n) is 4.18. The average molecular weight is 316 g/mol. The second-order valence-electron chi connectivity index (χ2n) is 5.96. The van der Waals surface area contributed by atoms with Crippen LogP contribution in [0.1, 0.15) is 41.6 Å². The van der Waals surface area contributed by atoms with Crippen molar-refractivity contribution in [2.24, 2.45) is 0 Å². The summed E-state index contributed by atoms with van der Waals surface area (Å²) in [5.74, 6) is -0.274. The molecule has 3 rings (SSSR count). The third kappa shape index (κ3) is 3.96. The van der Waals surface area contributed by atoms with Gasteiger partial charge in [0.15, 0.2) is 5.78 Å². The van der Waals surface area contributed by atoms with Crippen molar-refractivity contribution in [2.75, 3.05) is 18.5 Å². The lowest BCUT2D eigenvalue weighted by molar-refractivity contribution is -0.121. The lowest BCUT2D eigenvalue weighted by Crippen LogP contribution is -2.31. The van der Waals surface area contributed by atoms with Gasteiger partial charge in [0.1, 0.15) is 0 Å². The number of amides is 2. The Kier molecular flexibility index (Phi) is 4.71. The van der Waals surface area contributed by atoms with Crippen molar-refractivity contribution in [3.63, 3.8) is 0 Å². The van der Waals surface area contributed by atoms with E-state index in [0.717, 1.165) is 30.7 Å². The number of nitrogens with one attached hydrogen (secondary N) is 2. The molecule has 1 aromatic rings. The molecule has 1 unspecified atom stereocenters. The topological polar surface area (TPSA) is 84.5 Å². The lowest BCUT2D eigenvalue weighted by atomic mass is 10.0. The normalized spacial score (nSPS) is 19.3. The Morgan fingerprint density at radius 2 is 2.17 bits per heavy atom. The van der Waals surface area contributed by atoms with Crippen LogP contribution >= 0.6 is 0 Å². The van der Waals surface area contributed by atoms with Gasteiger partial charge in [-0.05, 0) is 36.6 Å². The summed E-state index contributed by atoms with van der Waals surface area (Å²) in [5.41, 5.74) is 2.15. The highest BCUT2D eigenvalue weighted by atomic mass is 16.5. The fourth-order valence-corrected chi connectivity index (χ4v) is 2.90. The predicted octanol–water partition coefficient (Wildman–Crippen LogP) is 1.44. The maximum Gasteiger partial charge on any atom is 0.228 e. The molecule has 2 N–H and O–H groups in total. The first-order chi connectivity index (χ1) is 11.1. The third-order valence-corrected chi connectivity index (χ3v) is 4.18. The molecule has 1 saturated heterocycles. The van der Waals surface area contributed by atoms with E-state index >= 15 is 0 Å². The summed E-state index contributed by atoms with van der Waals surface area (Å²) in [6.07, 6.45) is 2.75. The van der Waals surface area contributed by atoms with E-state index in [0.29, 0.717) is 18.5 Å². The Morgan fingerprint density at radius 1 is 1.30 bits per heavy atom. The summed E-state index contributed by atoms with van der Waals surface area (Å²) in [6.45, 7) is 1.27. The molecular formula is C17H20N2O4. The quantitative estimate of drug-likeness (QED) is 0.778. The van der Waals surface area contributed by atoms with Crippen LogP contribution in [0.15, 0.2) is 18.2 Å². The van der Waals surface area contributed by atoms with Crippen LogP contribution in [0.3, 0.4) is 0 Å². The lowest BCUT2D eigenvalue weighted by Gasteiger charge is -2.10. The summed E-state index contributed by atoms with van der Waals surface area (Å²) in [5, 5.41) is 5.54. The van der Waals surface area contributed by atoms with E-state index in [-0.39, 0.29) is 36.5 Å². The smallest absolute Gasteiger partial charge is 0.228 e. The molecular weight excluding hydrogens is 296 g/mol. The standard InChI is InChI=1S/C17H20N2O4/c20-15(5-6-16(21)18-10-13-2-1-7-23-13)11-3-4-14-12(8-11)9-17(22)19-14/h3-4,8,13H,1-2,5-7,9-10H2,(H,18,21)(H,19,22). The molecule has 0 saturated carbocycles. The molecule has 1 atom stereocenters. The van der Waals surface area contributed by atoms with Crippen LogP contribution in [0.2, 0.25) is 0 Å². The van der Waals surface area contributed by atoms with Crippen molar-refractivity contribution in [3.8, 4) is 0 Å². The van der Waals surface area contributed by atoms with Gasteiger partial charge in [0, 0.05) is 37.2 Å². The first-order valence-electron chi connectivity index (χ1n) is 7.96. The summed E-state index contributed by atoms with van der Waals surface area (Å²) in [6, 6.07) is 5.17. The zero-order valence-corrected chi connectivity index (χ0v) is 12.9. The predicted molar refractivity (Wildman–Crippen MR) is 84.3 cm³/mol. The molecule has 0 bridgehead atoms. The highest BCUT2D eigenvalue weighted by Gasteiger charge is 2.20. The summed E-state index contributed by atoms with van der Waals surface area (Å²) >= 11 is 0. The SMILES string of the molecule is O=C(CCC(=O)c1ccc2c(c1)CC(=O)N2)NCC1CCCO1. The van der Waals surface area contributed by atoms with E-state index in [1.807, 2.05) is 0 Å². The minimum Gasteiger partial charge on any atom is -0.376 e. The van der Waals surface area contributed by atoms with Crippen LogP contribution in [-0.2, 0) is 20.7 Å². The highest BCUT2D eigenvalue weighted by molar-refractivity contribution is 6.02. The molecule has 1 aromatic carbocycles. The summed E-state index contributed by atoms with van der Waals surface area (Å²) in [7, 11) is 0. The summed E-state index contributed by atoms with van der Waals surface area (Å²) in [4.78, 5) is 35.3. The largest absolute Gasteiger partial charge is 0.376 e. The van der Waals surface area contributed by atoms with Gasteiger partial charge < -0.3 is 15.4 Å². The number of ether oxygens (including phenoxy) is 1. The van der Waals surface area contributed by atoms with E-state index < -0.39 is 0 Å². The first kappa shape index (κ1) is 15.7. The number of Topliss-reactive ketones (excluding diaryl/α,β-unsaturated/α-hetero) is 1. The van der Waals surface area contributed by atoms with Crippen molar-refractivity contribution < 1.29 is 19.1 Å². The molecule has 2 amide bonds. The van der Waals surface area contributed by atoms with Gasteiger partial charge in [-0.3, -0.25) is 14.4 Å². The van der Waals surface area contributed by atoms with Crippen molar-refractivity contribution in [2.45, 2.75) is 38.2 Å². The second-order valence-corrected chi connectivity index (χ2v) is 5.96. The molecule has 0 aromatic heterocycles. The van der Waals surface area contributed by atoms with Gasteiger partial charge in [-0.15, -0.1) is 0 Å². The number of carbonyl (C=O) groups excluding carboxylic acids is 3. The Bertz CT molecular complexity index is 635. The molecule has 2 heterocycles. The van der Waals surface area contributed by atoms with Crippen molar-refractivity contribution >= 4 is 23.3 Å². The van der Waals surface area contributed by atoms with Crippen LogP contribution in [-0.4, -0.2) is 36.9 Å². The number of carbonyl (C=O) groups is 3. The molecule has 2 aliphatic rings. The van der Waals surface area contributed by atoms with Gasteiger partial charge in [-0.2, -0.15) is 0 Å². The Balaban J connectivity index is 1.46. The molecule has 6 heteroatoms. The fourth-order valence-electron chi connectivity index (χ4n) is 2.90. The van der Waals surface area contributed by atoms with E-state index in [2.05, 4.69) is 10.6 Å². The molecule has 6 nitrogen and oxygen atoms in total. The van der Waals surface area contributed by atoms with Crippen LogP contribution in [0.25, 0.3) is 0 Å². The van der Waals surface area contributed by atoms with Gasteiger partial charge in [0.2, 0.25) is 11.8 Å². The number of ketones is 1. The fraction of sp³-hybridized carbons (Fsp3) is 0.471. The van der Waals surface area contributed by atoms with Crippen LogP contribution in [0, 0.1) is 0 Å². The van der Waals surface area contributed by atoms with Crippen LogP contribution in [0.5, 0.6) is 0 Å². The highest BCUT2D eigenvalue weighted by Crippen LogP contribution is 2.24. The molecule has 1 fully saturated rings. The van der Waals surface area contributed by atoms with Gasteiger partial charge in [-0.1, -0.05) is 0 Å². The number of benzene rings is 1. The summed E-state index contributed by atoms with van der Waals surface area (Å²) < 4.78 is 5.43. The first-order valence-corrected chi connectivity index (χ1v) is 7.96. The minimum absolute atomic E-state index is 0.0573. The maximum atomic E-state index is 12.2. The van der Waals surface area contributed by atoms with E-state index in [9.17, 15) is 14.4 Å². The van der Waals surface area contributed by atoms with Crippen molar-refractivity contribution in [3.05, 3.63) is 29.3 Å². The van der Waals surface area contributed by atoms with Crippen LogP contribution < -0.4 is 10.6 Å². The zero-order chi connectivity index (χ0) is 16.2. The number of hydrogen-bond donors (Lipinski definition) is 2. The van der Waals surface area contributed by atoms with Gasteiger partial charge in [-0.25, -0.2) is 0 Å². The number of rotatable bonds is 6. The average Bonchev–Trinajstić information content (AvgIpc) is 3.17. The van der Waals surface area contributed by atoms with Crippen LogP contribution in [0.4, 0.5) is 5.69 Å². The van der Waals surface area contributed by atoms with E-state index in [1.165, 1.54) is 0 Å². The minimum atomic E-state index is -0.133. The van der Waals surface area contributed by atoms with Gasteiger partial charge in [0.25, 0.3) is 0 Å². The van der Waals surface area contributed by atoms with Gasteiger partial charge >= 0.3 is 0 Å². The zero-order valence-electron chi connectivity index (χ0n) is 12.9. The molecule has 0 spiro atoms. The second kappa shape index (κ2) is 6.91. The van der Waals surface area contributed by atoms with Crippen molar-refractivity contribution in [1.82, 2.24) is 5.32 Å². The Labute approximate surface area is 134 Å². The molecule has 0 radical (unpaired) electrons. The van der Waals surface area contributed by atoms with E-state index in [4.69, 9.17) is 4.74 Å². The number of anilines is 1. The van der Waals surface area contributed by atoms with Crippen molar-refractivity contribution in [1.29, 1.82) is 0 Å². The maximum absolute atomic E-state index is 12.2. The number of hydrogen-bond acceptors (Lipinski definition) is 4. The molecule has 122 valence electrons. The molecule has 23 heavy (non-hydrogen) atoms. The molecule has 2 aliphatic heterocycles. The monoisotopic (exact) mass is 316 g/mol. The Morgan fingerprint density at radius 3 is 2.96 bits per heavy atom. The Hall–Kier alpha value is -2.21. The van der Waals surface area contributed by atoms with Gasteiger partial charge in [0.05, 0.1) is 12.5 Å². The number of fused-ring (bicyclic) bond motifs is 1. The van der Waals surface area contributed by atoms with E-state index in [1.54, 1.807) is 18.2 Å².